The number of amides is 1. The van der Waals surface area contributed by atoms with Crippen molar-refractivity contribution in [3.63, 3.8) is 0 Å². The number of benzene rings is 1. The zero-order valence-electron chi connectivity index (χ0n) is 12.1. The average molecular weight is 315 g/mol. The fraction of sp³-hybridized carbons (Fsp3) is 0.462. The Bertz CT molecular complexity index is 568. The lowest BCUT2D eigenvalue weighted by Gasteiger charge is -2.17. The highest BCUT2D eigenvalue weighted by atomic mass is 32.2. The highest BCUT2D eigenvalue weighted by Crippen LogP contribution is 2.15. The van der Waals surface area contributed by atoms with Crippen LogP contribution in [0.15, 0.2) is 29.2 Å². The highest BCUT2D eigenvalue weighted by Gasteiger charge is 2.15. The van der Waals surface area contributed by atoms with Gasteiger partial charge >= 0.3 is 0 Å². The van der Waals surface area contributed by atoms with E-state index in [-0.39, 0.29) is 35.9 Å². The van der Waals surface area contributed by atoms with Crippen molar-refractivity contribution < 1.29 is 17.9 Å². The van der Waals surface area contributed by atoms with Gasteiger partial charge < -0.3 is 15.8 Å². The van der Waals surface area contributed by atoms with E-state index in [1.165, 1.54) is 19.2 Å². The number of methoxy groups -OCH3 is 1. The van der Waals surface area contributed by atoms with Gasteiger partial charge in [0.25, 0.3) is 0 Å². The number of hydrogen-bond acceptors (Lipinski definition) is 5. The smallest absolute Gasteiger partial charge is 0.238 e. The molecule has 0 heterocycles. The minimum atomic E-state index is -3.71. The molecule has 0 aromatic heterocycles. The summed E-state index contributed by atoms with van der Waals surface area (Å²) in [4.78, 5) is 11.9. The first-order valence-electron chi connectivity index (χ1n) is 6.43. The van der Waals surface area contributed by atoms with Crippen LogP contribution >= 0.6 is 0 Å². The van der Waals surface area contributed by atoms with Gasteiger partial charge in [-0.15, -0.1) is 0 Å². The fourth-order valence-electron chi connectivity index (χ4n) is 1.80. The first kappa shape index (κ1) is 17.6. The molecule has 1 amide bonds. The van der Waals surface area contributed by atoms with Crippen LogP contribution in [-0.4, -0.2) is 34.1 Å². The van der Waals surface area contributed by atoms with Crippen LogP contribution < -0.4 is 16.2 Å². The van der Waals surface area contributed by atoms with Crippen molar-refractivity contribution in [1.29, 1.82) is 0 Å². The van der Waals surface area contributed by atoms with E-state index in [9.17, 15) is 13.2 Å². The minimum absolute atomic E-state index is 0.0346. The number of carbonyl (C=O) groups excluding carboxylic acids is 1. The highest BCUT2D eigenvalue weighted by molar-refractivity contribution is 7.89. The van der Waals surface area contributed by atoms with Crippen molar-refractivity contribution in [3.05, 3.63) is 29.8 Å². The van der Waals surface area contributed by atoms with Crippen LogP contribution in [0.3, 0.4) is 0 Å². The number of rotatable bonds is 7. The van der Waals surface area contributed by atoms with Gasteiger partial charge in [0.15, 0.2) is 0 Å². The van der Waals surface area contributed by atoms with Gasteiger partial charge in [0, 0.05) is 13.7 Å². The van der Waals surface area contributed by atoms with Crippen LogP contribution in [0.1, 0.15) is 24.9 Å². The number of sulfonamides is 1. The van der Waals surface area contributed by atoms with Gasteiger partial charge in [-0.25, -0.2) is 13.6 Å². The third kappa shape index (κ3) is 5.43. The summed E-state index contributed by atoms with van der Waals surface area (Å²) in [6.45, 7) is 2.06. The largest absolute Gasteiger partial charge is 0.380 e. The van der Waals surface area contributed by atoms with Crippen LogP contribution in [0, 0.1) is 0 Å². The lowest BCUT2D eigenvalue weighted by Crippen LogP contribution is -2.33. The molecule has 0 saturated heterocycles. The first-order valence-corrected chi connectivity index (χ1v) is 7.97. The summed E-state index contributed by atoms with van der Waals surface area (Å²) < 4.78 is 27.4. The molecule has 5 N–H and O–H groups in total. The van der Waals surface area contributed by atoms with Crippen molar-refractivity contribution in [3.8, 4) is 0 Å². The summed E-state index contributed by atoms with van der Waals surface area (Å²) in [5.74, 6) is -0.185. The lowest BCUT2D eigenvalue weighted by molar-refractivity contribution is -0.124. The molecule has 0 aliphatic carbocycles. The quantitative estimate of drug-likeness (QED) is 0.646. The van der Waals surface area contributed by atoms with Gasteiger partial charge in [0.05, 0.1) is 23.5 Å². The molecule has 7 nitrogen and oxygen atoms in total. The fourth-order valence-corrected chi connectivity index (χ4v) is 2.32. The van der Waals surface area contributed by atoms with E-state index in [1.807, 2.05) is 0 Å². The topological polar surface area (TPSA) is 125 Å². The van der Waals surface area contributed by atoms with E-state index >= 15 is 0 Å². The number of hydrogen-bond donors (Lipinski definition) is 3. The summed E-state index contributed by atoms with van der Waals surface area (Å²) in [7, 11) is -2.21. The number of ether oxygens (including phenoxy) is 1. The van der Waals surface area contributed by atoms with Gasteiger partial charge in [0.1, 0.15) is 0 Å². The van der Waals surface area contributed by atoms with E-state index in [0.29, 0.717) is 0 Å². The molecule has 21 heavy (non-hydrogen) atoms. The molecular weight excluding hydrogens is 294 g/mol. The van der Waals surface area contributed by atoms with E-state index in [4.69, 9.17) is 15.6 Å². The van der Waals surface area contributed by atoms with Crippen molar-refractivity contribution >= 4 is 15.9 Å². The second-order valence-corrected chi connectivity index (χ2v) is 6.26. The molecule has 0 spiro atoms. The third-order valence-corrected chi connectivity index (χ3v) is 4.02. The second kappa shape index (κ2) is 7.51. The third-order valence-electron chi connectivity index (χ3n) is 3.10. The Morgan fingerprint density at radius 1 is 1.33 bits per heavy atom. The Morgan fingerprint density at radius 3 is 2.33 bits per heavy atom. The molecular formula is C13H21N3O4S. The zero-order chi connectivity index (χ0) is 16.0. The summed E-state index contributed by atoms with van der Waals surface area (Å²) in [5.41, 5.74) is 6.23. The molecule has 0 bridgehead atoms. The molecule has 8 heteroatoms. The van der Waals surface area contributed by atoms with Crippen LogP contribution in [0.5, 0.6) is 0 Å². The Labute approximate surface area is 124 Å². The van der Waals surface area contributed by atoms with Crippen LogP contribution in [0.25, 0.3) is 0 Å². The van der Waals surface area contributed by atoms with E-state index in [2.05, 4.69) is 5.32 Å². The SMILES string of the molecule is COC(CN)CC(=O)NC(C)c1ccc(S(N)(=O)=O)cc1. The van der Waals surface area contributed by atoms with Gasteiger partial charge in [-0.05, 0) is 24.6 Å². The Hall–Kier alpha value is -1.48. The lowest BCUT2D eigenvalue weighted by atomic mass is 10.1. The minimum Gasteiger partial charge on any atom is -0.380 e. The van der Waals surface area contributed by atoms with Crippen LogP contribution in [0.4, 0.5) is 0 Å². The molecule has 118 valence electrons. The van der Waals surface area contributed by atoms with E-state index in [0.717, 1.165) is 5.56 Å². The molecule has 2 unspecified atom stereocenters. The van der Waals surface area contributed by atoms with Crippen LogP contribution in [-0.2, 0) is 19.6 Å². The maximum atomic E-state index is 11.8. The molecule has 0 fully saturated rings. The molecule has 1 aromatic rings. The van der Waals surface area contributed by atoms with Crippen molar-refractivity contribution in [2.75, 3.05) is 13.7 Å². The first-order chi connectivity index (χ1) is 9.77. The van der Waals surface area contributed by atoms with Crippen LogP contribution in [0.2, 0.25) is 0 Å². The standard InChI is InChI=1S/C13H21N3O4S/c1-9(16-13(17)7-11(8-14)20-2)10-3-5-12(6-4-10)21(15,18)19/h3-6,9,11H,7-8,14H2,1-2H3,(H,16,17)(H2,15,18,19). The van der Waals surface area contributed by atoms with Crippen molar-refractivity contribution in [1.82, 2.24) is 5.32 Å². The molecule has 1 rings (SSSR count). The predicted molar refractivity (Wildman–Crippen MR) is 78.8 cm³/mol. The number of nitrogens with two attached hydrogens (primary N) is 2. The number of nitrogens with one attached hydrogen (secondary N) is 1. The predicted octanol–water partition coefficient (Wildman–Crippen LogP) is -0.125. The zero-order valence-corrected chi connectivity index (χ0v) is 12.9. The second-order valence-electron chi connectivity index (χ2n) is 4.70. The Kier molecular flexibility index (Phi) is 6.28. The molecule has 1 aromatic carbocycles. The molecule has 0 aliphatic rings. The Morgan fingerprint density at radius 2 is 1.90 bits per heavy atom. The van der Waals surface area contributed by atoms with Gasteiger partial charge in [-0.3, -0.25) is 4.79 Å². The van der Waals surface area contributed by atoms with Gasteiger partial charge in [0.2, 0.25) is 15.9 Å². The van der Waals surface area contributed by atoms with E-state index < -0.39 is 10.0 Å². The molecule has 0 radical (unpaired) electrons. The number of primary sulfonamides is 1. The van der Waals surface area contributed by atoms with Gasteiger partial charge in [-0.1, -0.05) is 12.1 Å². The van der Waals surface area contributed by atoms with Gasteiger partial charge in [-0.2, -0.15) is 0 Å². The molecule has 0 saturated carbocycles. The van der Waals surface area contributed by atoms with Crippen molar-refractivity contribution in [2.45, 2.75) is 30.4 Å². The Balaban J connectivity index is 2.67. The maximum Gasteiger partial charge on any atom is 0.238 e. The summed E-state index contributed by atoms with van der Waals surface area (Å²) in [6, 6.07) is 5.78. The monoisotopic (exact) mass is 315 g/mol. The molecule has 2 atom stereocenters. The normalized spacial score (nSPS) is 14.5. The average Bonchev–Trinajstić information content (AvgIpc) is 2.43. The molecule has 0 aliphatic heterocycles. The maximum absolute atomic E-state index is 11.8. The van der Waals surface area contributed by atoms with Crippen molar-refractivity contribution in [2.24, 2.45) is 10.9 Å². The summed E-state index contributed by atoms with van der Waals surface area (Å²) in [5, 5.41) is 7.82. The number of carbonyl (C=O) groups is 1. The van der Waals surface area contributed by atoms with E-state index in [1.54, 1.807) is 19.1 Å². The summed E-state index contributed by atoms with van der Waals surface area (Å²) >= 11 is 0. The summed E-state index contributed by atoms with van der Waals surface area (Å²) in [6.07, 6.45) is -0.144.